The highest BCUT2D eigenvalue weighted by Crippen LogP contribution is 2.31. The van der Waals surface area contributed by atoms with Gasteiger partial charge in [0.1, 0.15) is 11.4 Å². The van der Waals surface area contributed by atoms with Crippen LogP contribution in [0.15, 0.2) is 18.2 Å². The van der Waals surface area contributed by atoms with Gasteiger partial charge in [0, 0.05) is 13.1 Å². The van der Waals surface area contributed by atoms with E-state index in [9.17, 15) is 9.18 Å². The molecule has 5 nitrogen and oxygen atoms in total. The molecule has 0 aliphatic carbocycles. The molecule has 1 saturated heterocycles. The Morgan fingerprint density at radius 3 is 2.74 bits per heavy atom. The number of carbonyl (C=O) groups excluding carboxylic acids is 1. The molecular formula is C17H26FN3O2. The number of hydrogen-bond acceptors (Lipinski definition) is 4. The van der Waals surface area contributed by atoms with Crippen LogP contribution in [0.25, 0.3) is 0 Å². The van der Waals surface area contributed by atoms with E-state index in [1.165, 1.54) is 6.07 Å². The molecule has 2 atom stereocenters. The third kappa shape index (κ3) is 4.42. The number of benzene rings is 1. The number of halogens is 1. The van der Waals surface area contributed by atoms with Crippen molar-refractivity contribution < 1.29 is 13.9 Å². The summed E-state index contributed by atoms with van der Waals surface area (Å²) in [6, 6.07) is 4.87. The van der Waals surface area contributed by atoms with Gasteiger partial charge in [0.05, 0.1) is 6.04 Å². The fraction of sp³-hybridized carbons (Fsp3) is 0.588. The molecule has 0 spiro atoms. The van der Waals surface area contributed by atoms with Crippen molar-refractivity contribution in [3.63, 3.8) is 0 Å². The van der Waals surface area contributed by atoms with E-state index < -0.39 is 5.60 Å². The van der Waals surface area contributed by atoms with Crippen LogP contribution in [0.3, 0.4) is 0 Å². The van der Waals surface area contributed by atoms with Crippen LogP contribution in [0.2, 0.25) is 0 Å². The third-order valence-corrected chi connectivity index (χ3v) is 4.07. The van der Waals surface area contributed by atoms with Crippen LogP contribution < -0.4 is 11.3 Å². The lowest BCUT2D eigenvalue weighted by molar-refractivity contribution is 0.0285. The second-order valence-electron chi connectivity index (χ2n) is 7.13. The monoisotopic (exact) mass is 323 g/mol. The highest BCUT2D eigenvalue weighted by molar-refractivity contribution is 5.68. The van der Waals surface area contributed by atoms with Gasteiger partial charge in [-0.3, -0.25) is 11.3 Å². The Balaban J connectivity index is 2.06. The lowest BCUT2D eigenvalue weighted by atomic mass is 9.92. The Kier molecular flexibility index (Phi) is 5.26. The first-order valence-corrected chi connectivity index (χ1v) is 7.91. The number of nitrogens with one attached hydrogen (secondary N) is 1. The molecule has 0 bridgehead atoms. The van der Waals surface area contributed by atoms with E-state index in [1.807, 2.05) is 20.8 Å². The molecule has 2 rings (SSSR count). The van der Waals surface area contributed by atoms with Crippen molar-refractivity contribution in [2.45, 2.75) is 45.8 Å². The van der Waals surface area contributed by atoms with E-state index in [-0.39, 0.29) is 23.9 Å². The van der Waals surface area contributed by atoms with Gasteiger partial charge >= 0.3 is 6.09 Å². The van der Waals surface area contributed by atoms with E-state index in [0.29, 0.717) is 18.7 Å². The smallest absolute Gasteiger partial charge is 0.410 e. The maximum atomic E-state index is 13.4. The second-order valence-corrected chi connectivity index (χ2v) is 7.13. The van der Waals surface area contributed by atoms with Crippen LogP contribution in [0.4, 0.5) is 9.18 Å². The Morgan fingerprint density at radius 2 is 2.17 bits per heavy atom. The molecule has 0 saturated carbocycles. The minimum atomic E-state index is -0.505. The van der Waals surface area contributed by atoms with E-state index in [1.54, 1.807) is 24.0 Å². The van der Waals surface area contributed by atoms with Gasteiger partial charge in [0.15, 0.2) is 0 Å². The number of hydrogen-bond donors (Lipinski definition) is 2. The van der Waals surface area contributed by atoms with Gasteiger partial charge in [-0.15, -0.1) is 0 Å². The highest BCUT2D eigenvalue weighted by atomic mass is 19.1. The fourth-order valence-corrected chi connectivity index (χ4v) is 2.92. The molecule has 1 aromatic rings. The number of hydrazine groups is 1. The van der Waals surface area contributed by atoms with Gasteiger partial charge in [0.2, 0.25) is 0 Å². The first-order chi connectivity index (χ1) is 10.7. The summed E-state index contributed by atoms with van der Waals surface area (Å²) in [4.78, 5) is 13.9. The van der Waals surface area contributed by atoms with Gasteiger partial charge in [-0.2, -0.15) is 0 Å². The van der Waals surface area contributed by atoms with Crippen LogP contribution in [0, 0.1) is 18.7 Å². The van der Waals surface area contributed by atoms with Crippen molar-refractivity contribution in [3.8, 4) is 0 Å². The van der Waals surface area contributed by atoms with Crippen molar-refractivity contribution in [1.29, 1.82) is 0 Å². The molecule has 1 aliphatic heterocycles. The van der Waals surface area contributed by atoms with Gasteiger partial charge in [-0.05, 0) is 57.2 Å². The van der Waals surface area contributed by atoms with Crippen LogP contribution in [0.5, 0.6) is 0 Å². The van der Waals surface area contributed by atoms with Crippen molar-refractivity contribution in [2.75, 3.05) is 13.1 Å². The first-order valence-electron chi connectivity index (χ1n) is 7.91. The highest BCUT2D eigenvalue weighted by Gasteiger charge is 2.34. The summed E-state index contributed by atoms with van der Waals surface area (Å²) >= 11 is 0. The molecule has 0 aromatic heterocycles. The zero-order valence-electron chi connectivity index (χ0n) is 14.2. The van der Waals surface area contributed by atoms with Crippen molar-refractivity contribution in [3.05, 3.63) is 35.1 Å². The zero-order valence-corrected chi connectivity index (χ0v) is 14.2. The Morgan fingerprint density at radius 1 is 1.48 bits per heavy atom. The molecule has 23 heavy (non-hydrogen) atoms. The predicted octanol–water partition coefficient (Wildman–Crippen LogP) is 2.90. The van der Waals surface area contributed by atoms with Crippen LogP contribution in [0.1, 0.15) is 44.4 Å². The quantitative estimate of drug-likeness (QED) is 0.663. The Bertz CT molecular complexity index is 571. The average Bonchev–Trinajstić information content (AvgIpc) is 2.91. The Labute approximate surface area is 137 Å². The molecule has 3 N–H and O–H groups in total. The summed E-state index contributed by atoms with van der Waals surface area (Å²) in [6.45, 7) is 8.49. The molecule has 2 unspecified atom stereocenters. The summed E-state index contributed by atoms with van der Waals surface area (Å²) in [5.74, 6) is 5.65. The molecule has 1 amide bonds. The van der Waals surface area contributed by atoms with Crippen LogP contribution >= 0.6 is 0 Å². The maximum Gasteiger partial charge on any atom is 0.410 e. The Hall–Kier alpha value is -1.66. The summed E-state index contributed by atoms with van der Waals surface area (Å²) < 4.78 is 18.9. The number of carbonyl (C=O) groups is 1. The van der Waals surface area contributed by atoms with E-state index in [4.69, 9.17) is 10.6 Å². The standard InChI is InChI=1S/C17H26FN3O2/c1-11-9-12(5-6-14(11)18)15(20-19)13-7-8-21(10-13)16(22)23-17(2,3)4/h5-6,9,13,15,20H,7-8,10,19H2,1-4H3. The normalized spacial score (nSPS) is 19.7. The molecule has 1 aliphatic rings. The van der Waals surface area contributed by atoms with Gasteiger partial charge in [-0.1, -0.05) is 12.1 Å². The summed E-state index contributed by atoms with van der Waals surface area (Å²) in [5.41, 5.74) is 3.83. The number of likely N-dealkylation sites (tertiary alicyclic amines) is 1. The molecule has 1 aromatic carbocycles. The number of rotatable bonds is 3. The number of nitrogens with zero attached hydrogens (tertiary/aromatic N) is 1. The van der Waals surface area contributed by atoms with Gasteiger partial charge in [0.25, 0.3) is 0 Å². The van der Waals surface area contributed by atoms with Gasteiger partial charge in [-0.25, -0.2) is 9.18 Å². The van der Waals surface area contributed by atoms with Gasteiger partial charge < -0.3 is 9.64 Å². The predicted molar refractivity (Wildman–Crippen MR) is 87.1 cm³/mol. The molecule has 128 valence electrons. The third-order valence-electron chi connectivity index (χ3n) is 4.07. The number of amides is 1. The van der Waals surface area contributed by atoms with E-state index in [0.717, 1.165) is 12.0 Å². The van der Waals surface area contributed by atoms with Crippen molar-refractivity contribution in [1.82, 2.24) is 10.3 Å². The maximum absolute atomic E-state index is 13.4. The van der Waals surface area contributed by atoms with Crippen molar-refractivity contribution in [2.24, 2.45) is 11.8 Å². The van der Waals surface area contributed by atoms with Crippen LogP contribution in [-0.2, 0) is 4.74 Å². The topological polar surface area (TPSA) is 67.6 Å². The second kappa shape index (κ2) is 6.84. The number of nitrogens with two attached hydrogens (primary N) is 1. The average molecular weight is 323 g/mol. The summed E-state index contributed by atoms with van der Waals surface area (Å²) in [5, 5.41) is 0. The SMILES string of the molecule is Cc1cc(C(NN)C2CCN(C(=O)OC(C)(C)C)C2)ccc1F. The van der Waals surface area contributed by atoms with E-state index in [2.05, 4.69) is 5.43 Å². The lowest BCUT2D eigenvalue weighted by Gasteiger charge is -2.26. The zero-order chi connectivity index (χ0) is 17.2. The number of aryl methyl sites for hydroxylation is 1. The largest absolute Gasteiger partial charge is 0.444 e. The molecular weight excluding hydrogens is 297 g/mol. The minimum Gasteiger partial charge on any atom is -0.444 e. The minimum absolute atomic E-state index is 0.123. The van der Waals surface area contributed by atoms with E-state index >= 15 is 0 Å². The molecule has 1 heterocycles. The fourth-order valence-electron chi connectivity index (χ4n) is 2.92. The molecule has 1 fully saturated rings. The molecule has 0 radical (unpaired) electrons. The summed E-state index contributed by atoms with van der Waals surface area (Å²) in [7, 11) is 0. The number of ether oxygens (including phenoxy) is 1. The van der Waals surface area contributed by atoms with Crippen molar-refractivity contribution >= 4 is 6.09 Å². The lowest BCUT2D eigenvalue weighted by Crippen LogP contribution is -2.38. The first kappa shape index (κ1) is 17.7. The van der Waals surface area contributed by atoms with Crippen LogP contribution in [-0.4, -0.2) is 29.7 Å². The molecule has 6 heteroatoms. The summed E-state index contributed by atoms with van der Waals surface area (Å²) in [6.07, 6.45) is 0.524.